The molecule has 3 aromatic rings. The van der Waals surface area contributed by atoms with E-state index >= 15 is 0 Å². The zero-order valence-electron chi connectivity index (χ0n) is 14.1. The van der Waals surface area contributed by atoms with E-state index in [2.05, 4.69) is 43.6 Å². The van der Waals surface area contributed by atoms with Crippen molar-refractivity contribution in [1.82, 2.24) is 29.7 Å². The van der Waals surface area contributed by atoms with Gasteiger partial charge in [-0.1, -0.05) is 49.0 Å². The summed E-state index contributed by atoms with van der Waals surface area (Å²) in [7, 11) is 0. The van der Waals surface area contributed by atoms with Crippen molar-refractivity contribution in [3.8, 4) is 11.4 Å². The Morgan fingerprint density at radius 1 is 1.04 bits per heavy atom. The SMILES string of the molecule is CC[C@@H](C)n1c(SCc2nc(N)nc(N)n2)nnc1-c1ccccc1. The fourth-order valence-electron chi connectivity index (χ4n) is 2.39. The fourth-order valence-corrected chi connectivity index (χ4v) is 3.28. The number of nitrogens with zero attached hydrogens (tertiary/aromatic N) is 6. The van der Waals surface area contributed by atoms with Gasteiger partial charge in [-0.2, -0.15) is 15.0 Å². The summed E-state index contributed by atoms with van der Waals surface area (Å²) in [5.41, 5.74) is 12.3. The first-order chi connectivity index (χ1) is 12.1. The first-order valence-corrected chi connectivity index (χ1v) is 8.96. The number of aromatic nitrogens is 6. The Morgan fingerprint density at radius 3 is 2.36 bits per heavy atom. The lowest BCUT2D eigenvalue weighted by atomic mass is 10.2. The Morgan fingerprint density at radius 2 is 1.72 bits per heavy atom. The molecule has 0 fully saturated rings. The smallest absolute Gasteiger partial charge is 0.225 e. The molecule has 25 heavy (non-hydrogen) atoms. The van der Waals surface area contributed by atoms with Crippen LogP contribution in [0.1, 0.15) is 32.1 Å². The van der Waals surface area contributed by atoms with E-state index in [0.29, 0.717) is 11.6 Å². The number of hydrogen-bond acceptors (Lipinski definition) is 8. The lowest BCUT2D eigenvalue weighted by Gasteiger charge is -2.16. The fraction of sp³-hybridized carbons (Fsp3) is 0.312. The lowest BCUT2D eigenvalue weighted by molar-refractivity contribution is 0.497. The maximum Gasteiger partial charge on any atom is 0.225 e. The van der Waals surface area contributed by atoms with Crippen LogP contribution in [-0.2, 0) is 5.75 Å². The molecule has 3 rings (SSSR count). The third-order valence-corrected chi connectivity index (χ3v) is 4.71. The molecule has 0 aliphatic heterocycles. The first-order valence-electron chi connectivity index (χ1n) is 7.97. The van der Waals surface area contributed by atoms with Crippen LogP contribution in [-0.4, -0.2) is 29.7 Å². The molecular weight excluding hydrogens is 336 g/mol. The quantitative estimate of drug-likeness (QED) is 0.646. The monoisotopic (exact) mass is 356 g/mol. The number of nitrogens with two attached hydrogens (primary N) is 2. The number of thioether (sulfide) groups is 1. The number of hydrogen-bond donors (Lipinski definition) is 2. The molecule has 2 aromatic heterocycles. The van der Waals surface area contributed by atoms with Gasteiger partial charge in [-0.3, -0.25) is 4.57 Å². The zero-order valence-corrected chi connectivity index (χ0v) is 14.9. The summed E-state index contributed by atoms with van der Waals surface area (Å²) >= 11 is 1.50. The first kappa shape index (κ1) is 17.2. The molecule has 0 saturated carbocycles. The molecule has 0 bridgehead atoms. The Bertz CT molecular complexity index is 828. The van der Waals surface area contributed by atoms with Crippen molar-refractivity contribution in [2.24, 2.45) is 0 Å². The normalized spacial score (nSPS) is 12.2. The van der Waals surface area contributed by atoms with Crippen molar-refractivity contribution in [3.05, 3.63) is 36.2 Å². The second-order valence-corrected chi connectivity index (χ2v) is 6.50. The predicted molar refractivity (Wildman–Crippen MR) is 98.7 cm³/mol. The van der Waals surface area contributed by atoms with E-state index in [1.54, 1.807) is 0 Å². The molecule has 8 nitrogen and oxygen atoms in total. The summed E-state index contributed by atoms with van der Waals surface area (Å²) in [5.74, 6) is 2.11. The Balaban J connectivity index is 1.89. The molecule has 0 unspecified atom stereocenters. The van der Waals surface area contributed by atoms with E-state index in [4.69, 9.17) is 11.5 Å². The van der Waals surface area contributed by atoms with Crippen molar-refractivity contribution in [2.45, 2.75) is 37.2 Å². The molecule has 0 radical (unpaired) electrons. The maximum atomic E-state index is 5.62. The van der Waals surface area contributed by atoms with E-state index in [9.17, 15) is 0 Å². The highest BCUT2D eigenvalue weighted by molar-refractivity contribution is 7.98. The van der Waals surface area contributed by atoms with Crippen LogP contribution in [0, 0.1) is 0 Å². The van der Waals surface area contributed by atoms with E-state index in [1.165, 1.54) is 11.8 Å². The predicted octanol–water partition coefficient (Wildman–Crippen LogP) is 2.56. The van der Waals surface area contributed by atoms with Crippen LogP contribution in [0.2, 0.25) is 0 Å². The average molecular weight is 356 g/mol. The van der Waals surface area contributed by atoms with Gasteiger partial charge in [0.1, 0.15) is 5.82 Å². The van der Waals surface area contributed by atoms with Crippen LogP contribution in [0.4, 0.5) is 11.9 Å². The van der Waals surface area contributed by atoms with Gasteiger partial charge in [-0.25, -0.2) is 0 Å². The van der Waals surface area contributed by atoms with Crippen LogP contribution in [0.15, 0.2) is 35.5 Å². The van der Waals surface area contributed by atoms with E-state index < -0.39 is 0 Å². The largest absolute Gasteiger partial charge is 0.368 e. The van der Waals surface area contributed by atoms with E-state index in [0.717, 1.165) is 23.0 Å². The third-order valence-electron chi connectivity index (χ3n) is 3.77. The standard InChI is InChI=1S/C16H20N8S/c1-3-10(2)24-13(11-7-5-4-6-8-11)22-23-16(24)25-9-12-19-14(17)21-15(18)20-12/h4-8,10H,3,9H2,1-2H3,(H4,17,18,19,20,21)/t10-/m1/s1. The van der Waals surface area contributed by atoms with Gasteiger partial charge in [0, 0.05) is 11.6 Å². The van der Waals surface area contributed by atoms with E-state index in [-0.39, 0.29) is 17.9 Å². The molecule has 0 aliphatic rings. The highest BCUT2D eigenvalue weighted by Crippen LogP contribution is 2.30. The second-order valence-electron chi connectivity index (χ2n) is 5.56. The van der Waals surface area contributed by atoms with Gasteiger partial charge >= 0.3 is 0 Å². The van der Waals surface area contributed by atoms with Gasteiger partial charge < -0.3 is 11.5 Å². The molecule has 0 saturated heterocycles. The minimum Gasteiger partial charge on any atom is -0.368 e. The molecule has 4 N–H and O–H groups in total. The molecule has 1 atom stereocenters. The number of nitrogen functional groups attached to an aromatic ring is 2. The number of anilines is 2. The summed E-state index contributed by atoms with van der Waals surface area (Å²) in [6.07, 6.45) is 0.969. The lowest BCUT2D eigenvalue weighted by Crippen LogP contribution is -2.09. The molecule has 2 heterocycles. The molecule has 130 valence electrons. The van der Waals surface area contributed by atoms with Crippen molar-refractivity contribution in [2.75, 3.05) is 11.5 Å². The zero-order chi connectivity index (χ0) is 17.8. The Labute approximate surface area is 150 Å². The molecular formula is C16H20N8S. The summed E-state index contributed by atoms with van der Waals surface area (Å²) in [6, 6.07) is 10.3. The van der Waals surface area contributed by atoms with Gasteiger partial charge in [0.05, 0.1) is 5.75 Å². The van der Waals surface area contributed by atoms with Gasteiger partial charge in [-0.15, -0.1) is 10.2 Å². The third kappa shape index (κ3) is 3.87. The van der Waals surface area contributed by atoms with Crippen molar-refractivity contribution < 1.29 is 0 Å². The molecule has 1 aromatic carbocycles. The summed E-state index contributed by atoms with van der Waals surface area (Å²) in [4.78, 5) is 12.0. The minimum atomic E-state index is 0.122. The highest BCUT2D eigenvalue weighted by atomic mass is 32.2. The topological polar surface area (TPSA) is 121 Å². The highest BCUT2D eigenvalue weighted by Gasteiger charge is 2.18. The van der Waals surface area contributed by atoms with Crippen LogP contribution in [0.5, 0.6) is 0 Å². The summed E-state index contributed by atoms with van der Waals surface area (Å²) in [5, 5.41) is 9.57. The average Bonchev–Trinajstić information content (AvgIpc) is 3.03. The molecule has 0 spiro atoms. The summed E-state index contributed by atoms with van der Waals surface area (Å²) in [6.45, 7) is 4.29. The van der Waals surface area contributed by atoms with Crippen molar-refractivity contribution >= 4 is 23.7 Å². The summed E-state index contributed by atoms with van der Waals surface area (Å²) < 4.78 is 2.15. The van der Waals surface area contributed by atoms with Crippen LogP contribution < -0.4 is 11.5 Å². The second kappa shape index (κ2) is 7.47. The Hall–Kier alpha value is -2.68. The maximum absolute atomic E-state index is 5.62. The van der Waals surface area contributed by atoms with Gasteiger partial charge in [0.2, 0.25) is 11.9 Å². The van der Waals surface area contributed by atoms with E-state index in [1.807, 2.05) is 30.3 Å². The van der Waals surface area contributed by atoms with Crippen LogP contribution >= 0.6 is 11.8 Å². The molecule has 9 heteroatoms. The number of rotatable bonds is 6. The van der Waals surface area contributed by atoms with Gasteiger partial charge in [0.25, 0.3) is 0 Å². The number of benzene rings is 1. The van der Waals surface area contributed by atoms with Crippen LogP contribution in [0.25, 0.3) is 11.4 Å². The van der Waals surface area contributed by atoms with Gasteiger partial charge in [-0.05, 0) is 13.3 Å². The van der Waals surface area contributed by atoms with Crippen molar-refractivity contribution in [1.29, 1.82) is 0 Å². The Kier molecular flexibility index (Phi) is 5.13. The van der Waals surface area contributed by atoms with Crippen molar-refractivity contribution in [3.63, 3.8) is 0 Å². The molecule has 0 amide bonds. The minimum absolute atomic E-state index is 0.122. The molecule has 0 aliphatic carbocycles. The van der Waals surface area contributed by atoms with Gasteiger partial charge in [0.15, 0.2) is 11.0 Å². The van der Waals surface area contributed by atoms with Crippen LogP contribution in [0.3, 0.4) is 0 Å².